The highest BCUT2D eigenvalue weighted by molar-refractivity contribution is 7.89. The topological polar surface area (TPSA) is 66.9 Å². The SMILES string of the molecule is COc1ccc(C(=O)N(Cc2cccs2)c2ccc(F)cc2F)cc1S(=O)(=O)N(C)C. The molecule has 0 unspecified atom stereocenters. The fraction of sp³-hybridized carbons (Fsp3) is 0.190. The fourth-order valence-corrected chi connectivity index (χ4v) is 4.66. The summed E-state index contributed by atoms with van der Waals surface area (Å²) in [6, 6.07) is 10.5. The first-order chi connectivity index (χ1) is 14.6. The molecule has 0 aliphatic rings. The van der Waals surface area contributed by atoms with Crippen LogP contribution in [0.2, 0.25) is 0 Å². The Labute approximate surface area is 183 Å². The second kappa shape index (κ2) is 9.13. The van der Waals surface area contributed by atoms with Crippen molar-refractivity contribution in [1.29, 1.82) is 0 Å². The number of carbonyl (C=O) groups excluding carboxylic acids is 1. The van der Waals surface area contributed by atoms with E-state index >= 15 is 0 Å². The molecule has 164 valence electrons. The van der Waals surface area contributed by atoms with Crippen LogP contribution in [0.3, 0.4) is 0 Å². The second-order valence-electron chi connectivity index (χ2n) is 6.72. The summed E-state index contributed by atoms with van der Waals surface area (Å²) >= 11 is 1.37. The van der Waals surface area contributed by atoms with Gasteiger partial charge in [-0.15, -0.1) is 11.3 Å². The maximum Gasteiger partial charge on any atom is 0.258 e. The Kier molecular flexibility index (Phi) is 6.73. The lowest BCUT2D eigenvalue weighted by atomic mass is 10.1. The monoisotopic (exact) mass is 466 g/mol. The summed E-state index contributed by atoms with van der Waals surface area (Å²) in [5.74, 6) is -2.24. The largest absolute Gasteiger partial charge is 0.495 e. The van der Waals surface area contributed by atoms with Gasteiger partial charge in [0.05, 0.1) is 19.3 Å². The van der Waals surface area contributed by atoms with E-state index in [1.54, 1.807) is 12.1 Å². The standard InChI is InChI=1S/C21H20F2N2O4S2/c1-24(2)31(27,28)20-11-14(6-9-19(20)29-3)21(26)25(13-16-5-4-10-30-16)18-8-7-15(22)12-17(18)23/h4-12H,13H2,1-3H3. The number of hydrogen-bond donors (Lipinski definition) is 0. The van der Waals surface area contributed by atoms with E-state index in [4.69, 9.17) is 4.74 Å². The van der Waals surface area contributed by atoms with Gasteiger partial charge in [-0.3, -0.25) is 4.79 Å². The minimum absolute atomic E-state index is 0.0153. The average molecular weight is 467 g/mol. The first-order valence-electron chi connectivity index (χ1n) is 9.05. The normalized spacial score (nSPS) is 11.5. The lowest BCUT2D eigenvalue weighted by Gasteiger charge is -2.24. The predicted molar refractivity (Wildman–Crippen MR) is 115 cm³/mol. The number of rotatable bonds is 7. The summed E-state index contributed by atoms with van der Waals surface area (Å²) in [6.07, 6.45) is 0. The first kappa shape index (κ1) is 22.9. The van der Waals surface area contributed by atoms with E-state index in [1.165, 1.54) is 56.8 Å². The number of nitrogens with zero attached hydrogens (tertiary/aromatic N) is 2. The highest BCUT2D eigenvalue weighted by Crippen LogP contribution is 2.30. The zero-order valence-electron chi connectivity index (χ0n) is 17.0. The van der Waals surface area contributed by atoms with E-state index in [1.807, 2.05) is 5.38 Å². The van der Waals surface area contributed by atoms with Gasteiger partial charge in [0.2, 0.25) is 10.0 Å². The van der Waals surface area contributed by atoms with Crippen LogP contribution in [0.5, 0.6) is 5.75 Å². The molecule has 3 aromatic rings. The fourth-order valence-electron chi connectivity index (χ4n) is 2.89. The van der Waals surface area contributed by atoms with Crippen molar-refractivity contribution in [2.24, 2.45) is 0 Å². The first-order valence-corrected chi connectivity index (χ1v) is 11.4. The van der Waals surface area contributed by atoms with Crippen molar-refractivity contribution in [2.75, 3.05) is 26.1 Å². The molecule has 0 saturated carbocycles. The van der Waals surface area contributed by atoms with Crippen LogP contribution in [0.4, 0.5) is 14.5 Å². The minimum Gasteiger partial charge on any atom is -0.495 e. The van der Waals surface area contributed by atoms with Crippen LogP contribution in [0.1, 0.15) is 15.2 Å². The molecule has 0 spiro atoms. The molecule has 2 aromatic carbocycles. The molecule has 0 bridgehead atoms. The van der Waals surface area contributed by atoms with Gasteiger partial charge in [-0.1, -0.05) is 6.07 Å². The van der Waals surface area contributed by atoms with Crippen molar-refractivity contribution < 1.29 is 26.7 Å². The van der Waals surface area contributed by atoms with Gasteiger partial charge in [-0.25, -0.2) is 21.5 Å². The number of ether oxygens (including phenoxy) is 1. The molecular weight excluding hydrogens is 446 g/mol. The van der Waals surface area contributed by atoms with Crippen LogP contribution in [0.25, 0.3) is 0 Å². The van der Waals surface area contributed by atoms with Gasteiger partial charge in [0, 0.05) is 30.6 Å². The molecule has 1 heterocycles. The van der Waals surface area contributed by atoms with E-state index in [2.05, 4.69) is 0 Å². The predicted octanol–water partition coefficient (Wildman–Crippen LogP) is 4.13. The number of carbonyl (C=O) groups is 1. The zero-order valence-corrected chi connectivity index (χ0v) is 18.6. The van der Waals surface area contributed by atoms with Crippen molar-refractivity contribution in [3.8, 4) is 5.75 Å². The lowest BCUT2D eigenvalue weighted by molar-refractivity contribution is 0.0984. The van der Waals surface area contributed by atoms with Gasteiger partial charge in [-0.2, -0.15) is 0 Å². The highest BCUT2D eigenvalue weighted by atomic mass is 32.2. The van der Waals surface area contributed by atoms with Crippen LogP contribution in [0.15, 0.2) is 58.8 Å². The van der Waals surface area contributed by atoms with Crippen LogP contribution in [-0.4, -0.2) is 39.8 Å². The molecule has 10 heteroatoms. The summed E-state index contributed by atoms with van der Waals surface area (Å²) in [5.41, 5.74) is -0.103. The van der Waals surface area contributed by atoms with E-state index in [0.29, 0.717) is 6.07 Å². The van der Waals surface area contributed by atoms with Gasteiger partial charge >= 0.3 is 0 Å². The van der Waals surface area contributed by atoms with Crippen molar-refractivity contribution in [2.45, 2.75) is 11.4 Å². The molecule has 0 N–H and O–H groups in total. The van der Waals surface area contributed by atoms with Crippen LogP contribution in [0, 0.1) is 11.6 Å². The summed E-state index contributed by atoms with van der Waals surface area (Å²) in [4.78, 5) is 15.1. The Balaban J connectivity index is 2.11. The van der Waals surface area contributed by atoms with Gasteiger partial charge in [0.25, 0.3) is 5.91 Å². The molecule has 0 aliphatic carbocycles. The Morgan fingerprint density at radius 3 is 2.42 bits per heavy atom. The van der Waals surface area contributed by atoms with Crippen LogP contribution >= 0.6 is 11.3 Å². The average Bonchev–Trinajstić information content (AvgIpc) is 3.24. The molecule has 31 heavy (non-hydrogen) atoms. The van der Waals surface area contributed by atoms with E-state index in [9.17, 15) is 22.0 Å². The molecule has 6 nitrogen and oxygen atoms in total. The smallest absolute Gasteiger partial charge is 0.258 e. The molecule has 1 aromatic heterocycles. The Morgan fingerprint density at radius 2 is 1.84 bits per heavy atom. The summed E-state index contributed by atoms with van der Waals surface area (Å²) in [6.45, 7) is 0.0286. The summed E-state index contributed by atoms with van der Waals surface area (Å²) < 4.78 is 59.5. The van der Waals surface area contributed by atoms with Crippen molar-refractivity contribution in [3.05, 3.63) is 76.0 Å². The van der Waals surface area contributed by atoms with E-state index in [-0.39, 0.29) is 28.4 Å². The summed E-state index contributed by atoms with van der Waals surface area (Å²) in [7, 11) is 0.131. The zero-order chi connectivity index (χ0) is 22.8. The highest BCUT2D eigenvalue weighted by Gasteiger charge is 2.27. The number of sulfonamides is 1. The molecule has 3 rings (SSSR count). The van der Waals surface area contributed by atoms with E-state index < -0.39 is 27.6 Å². The van der Waals surface area contributed by atoms with Crippen LogP contribution in [-0.2, 0) is 16.6 Å². The third kappa shape index (κ3) is 4.76. The third-order valence-electron chi connectivity index (χ3n) is 4.51. The van der Waals surface area contributed by atoms with Gasteiger partial charge in [0.1, 0.15) is 22.3 Å². The molecule has 0 aliphatic heterocycles. The second-order valence-corrected chi connectivity index (χ2v) is 9.87. The number of thiophene rings is 1. The minimum atomic E-state index is -3.91. The molecule has 0 fully saturated rings. The number of anilines is 1. The molecule has 0 saturated heterocycles. The van der Waals surface area contributed by atoms with Gasteiger partial charge in [-0.05, 0) is 41.8 Å². The third-order valence-corrected chi connectivity index (χ3v) is 7.21. The number of amides is 1. The van der Waals surface area contributed by atoms with Crippen molar-refractivity contribution in [3.63, 3.8) is 0 Å². The molecule has 0 atom stereocenters. The Bertz CT molecular complexity index is 1200. The van der Waals surface area contributed by atoms with Crippen LogP contribution < -0.4 is 9.64 Å². The molecule has 0 radical (unpaired) electrons. The maximum atomic E-state index is 14.5. The Hall–Kier alpha value is -2.82. The number of methoxy groups -OCH3 is 1. The lowest BCUT2D eigenvalue weighted by Crippen LogP contribution is -2.31. The van der Waals surface area contributed by atoms with Gasteiger partial charge < -0.3 is 9.64 Å². The number of halogens is 2. The van der Waals surface area contributed by atoms with Crippen molar-refractivity contribution >= 4 is 33.0 Å². The Morgan fingerprint density at radius 1 is 1.10 bits per heavy atom. The number of benzene rings is 2. The number of hydrogen-bond acceptors (Lipinski definition) is 5. The summed E-state index contributed by atoms with van der Waals surface area (Å²) in [5, 5.41) is 1.81. The van der Waals surface area contributed by atoms with Gasteiger partial charge in [0.15, 0.2) is 0 Å². The van der Waals surface area contributed by atoms with E-state index in [0.717, 1.165) is 20.1 Å². The maximum absolute atomic E-state index is 14.5. The quantitative estimate of drug-likeness (QED) is 0.525. The molecule has 1 amide bonds. The van der Waals surface area contributed by atoms with Crippen molar-refractivity contribution in [1.82, 2.24) is 4.31 Å². The molecular formula is C21H20F2N2O4S2.